The van der Waals surface area contributed by atoms with Crippen molar-refractivity contribution in [3.05, 3.63) is 87.9 Å². The third-order valence-electron chi connectivity index (χ3n) is 4.46. The molecule has 1 N–H and O–H groups in total. The number of nitrogens with zero attached hydrogens (tertiary/aromatic N) is 1. The van der Waals surface area contributed by atoms with Crippen LogP contribution in [0, 0.1) is 0 Å². The summed E-state index contributed by atoms with van der Waals surface area (Å²) >= 11 is 3.39. The summed E-state index contributed by atoms with van der Waals surface area (Å²) in [5.41, 5.74) is 3.80. The standard InChI is InChI=1S/C25H23BrN2O5/c1-3-14-32-22-11-4-17(5-12-22)24(29)28-27-16-19-15-20(26)8-13-23(19)33-25(30)18-6-9-21(31-2)10-7-18/h4-13,15-16H,3,14H2,1-2H3,(H,28,29). The van der Waals surface area contributed by atoms with Gasteiger partial charge in [0.15, 0.2) is 0 Å². The summed E-state index contributed by atoms with van der Waals surface area (Å²) in [5, 5.41) is 4.01. The number of hydrogen-bond donors (Lipinski definition) is 1. The number of esters is 1. The Bertz CT molecular complexity index is 1130. The van der Waals surface area contributed by atoms with E-state index < -0.39 is 5.97 Å². The first-order chi connectivity index (χ1) is 16.0. The van der Waals surface area contributed by atoms with E-state index in [9.17, 15) is 9.59 Å². The lowest BCUT2D eigenvalue weighted by Gasteiger charge is -2.09. The zero-order valence-electron chi connectivity index (χ0n) is 18.2. The van der Waals surface area contributed by atoms with Crippen molar-refractivity contribution in [2.75, 3.05) is 13.7 Å². The van der Waals surface area contributed by atoms with E-state index in [1.807, 2.05) is 6.92 Å². The highest BCUT2D eigenvalue weighted by atomic mass is 79.9. The van der Waals surface area contributed by atoms with Crippen LogP contribution in [0.2, 0.25) is 0 Å². The molecule has 0 aliphatic carbocycles. The van der Waals surface area contributed by atoms with Gasteiger partial charge >= 0.3 is 5.97 Å². The Morgan fingerprint density at radius 2 is 1.64 bits per heavy atom. The van der Waals surface area contributed by atoms with Gasteiger partial charge < -0.3 is 14.2 Å². The van der Waals surface area contributed by atoms with Crippen molar-refractivity contribution in [2.45, 2.75) is 13.3 Å². The number of carbonyl (C=O) groups excluding carboxylic acids is 2. The molecule has 0 atom stereocenters. The molecule has 7 nitrogen and oxygen atoms in total. The summed E-state index contributed by atoms with van der Waals surface area (Å²) in [6.07, 6.45) is 2.32. The van der Waals surface area contributed by atoms with E-state index in [-0.39, 0.29) is 5.91 Å². The summed E-state index contributed by atoms with van der Waals surface area (Å²) in [5.74, 6) is 0.745. The number of rotatable bonds is 9. The molecule has 0 aliphatic heterocycles. The minimum absolute atomic E-state index is 0.300. The molecular formula is C25H23BrN2O5. The van der Waals surface area contributed by atoms with E-state index in [0.29, 0.717) is 40.5 Å². The quantitative estimate of drug-likeness (QED) is 0.184. The zero-order valence-corrected chi connectivity index (χ0v) is 19.8. The summed E-state index contributed by atoms with van der Waals surface area (Å²) in [7, 11) is 1.55. The molecule has 0 radical (unpaired) electrons. The number of carbonyl (C=O) groups is 2. The molecule has 3 aromatic carbocycles. The number of ether oxygens (including phenoxy) is 3. The third kappa shape index (κ3) is 6.92. The summed E-state index contributed by atoms with van der Waals surface area (Å²) in [6, 6.07) is 18.5. The molecule has 0 saturated carbocycles. The van der Waals surface area contributed by atoms with Gasteiger partial charge in [-0.2, -0.15) is 5.10 Å². The van der Waals surface area contributed by atoms with Crippen LogP contribution in [-0.2, 0) is 0 Å². The minimum atomic E-state index is -0.524. The Labute approximate surface area is 200 Å². The zero-order chi connectivity index (χ0) is 23.6. The van der Waals surface area contributed by atoms with Crippen LogP contribution < -0.4 is 19.6 Å². The third-order valence-corrected chi connectivity index (χ3v) is 4.95. The molecule has 3 rings (SSSR count). The molecule has 0 aromatic heterocycles. The number of amides is 1. The lowest BCUT2D eigenvalue weighted by Crippen LogP contribution is -2.17. The predicted molar refractivity (Wildman–Crippen MR) is 129 cm³/mol. The number of methoxy groups -OCH3 is 1. The van der Waals surface area contributed by atoms with Crippen LogP contribution in [0.25, 0.3) is 0 Å². The van der Waals surface area contributed by atoms with Gasteiger partial charge in [0.05, 0.1) is 25.5 Å². The van der Waals surface area contributed by atoms with Crippen LogP contribution in [0.1, 0.15) is 39.6 Å². The van der Waals surface area contributed by atoms with Crippen LogP contribution in [0.4, 0.5) is 0 Å². The fourth-order valence-electron chi connectivity index (χ4n) is 2.75. The first kappa shape index (κ1) is 24.0. The molecule has 0 bridgehead atoms. The van der Waals surface area contributed by atoms with Crippen molar-refractivity contribution < 1.29 is 23.8 Å². The Kier molecular flexibility index (Phi) is 8.60. The average molecular weight is 511 g/mol. The lowest BCUT2D eigenvalue weighted by molar-refractivity contribution is 0.0734. The maximum absolute atomic E-state index is 12.5. The second-order valence-corrected chi connectivity index (χ2v) is 7.79. The number of benzene rings is 3. The van der Waals surface area contributed by atoms with E-state index >= 15 is 0 Å². The molecule has 170 valence electrons. The predicted octanol–water partition coefficient (Wildman–Crippen LogP) is 5.23. The van der Waals surface area contributed by atoms with Crippen LogP contribution in [0.5, 0.6) is 17.2 Å². The highest BCUT2D eigenvalue weighted by molar-refractivity contribution is 9.10. The second-order valence-electron chi connectivity index (χ2n) is 6.87. The monoisotopic (exact) mass is 510 g/mol. The summed E-state index contributed by atoms with van der Waals surface area (Å²) in [4.78, 5) is 24.9. The van der Waals surface area contributed by atoms with Gasteiger partial charge in [-0.15, -0.1) is 0 Å². The van der Waals surface area contributed by atoms with Gasteiger partial charge in [0, 0.05) is 15.6 Å². The molecule has 0 spiro atoms. The highest BCUT2D eigenvalue weighted by Gasteiger charge is 2.12. The van der Waals surface area contributed by atoms with E-state index in [1.165, 1.54) is 6.21 Å². The molecule has 8 heteroatoms. The normalized spacial score (nSPS) is 10.6. The number of halogens is 1. The molecule has 3 aromatic rings. The number of hydrazone groups is 1. The molecule has 0 saturated heterocycles. The van der Waals surface area contributed by atoms with Crippen molar-refractivity contribution >= 4 is 34.0 Å². The largest absolute Gasteiger partial charge is 0.497 e. The number of hydrogen-bond acceptors (Lipinski definition) is 6. The van der Waals surface area contributed by atoms with Gasteiger partial charge in [0.25, 0.3) is 5.91 Å². The van der Waals surface area contributed by atoms with Gasteiger partial charge in [-0.3, -0.25) is 4.79 Å². The summed E-state index contributed by atoms with van der Waals surface area (Å²) in [6.45, 7) is 2.64. The maximum Gasteiger partial charge on any atom is 0.343 e. The average Bonchev–Trinajstić information content (AvgIpc) is 2.84. The van der Waals surface area contributed by atoms with Crippen LogP contribution in [0.3, 0.4) is 0 Å². The van der Waals surface area contributed by atoms with Crippen LogP contribution in [-0.4, -0.2) is 31.8 Å². The van der Waals surface area contributed by atoms with E-state index in [4.69, 9.17) is 14.2 Å². The number of nitrogens with one attached hydrogen (secondary N) is 1. The fraction of sp³-hybridized carbons (Fsp3) is 0.160. The Morgan fingerprint density at radius 1 is 0.970 bits per heavy atom. The topological polar surface area (TPSA) is 86.2 Å². The van der Waals surface area contributed by atoms with Gasteiger partial charge in [-0.25, -0.2) is 10.2 Å². The highest BCUT2D eigenvalue weighted by Crippen LogP contribution is 2.23. The molecule has 0 unspecified atom stereocenters. The van der Waals surface area contributed by atoms with Crippen molar-refractivity contribution in [3.63, 3.8) is 0 Å². The van der Waals surface area contributed by atoms with Crippen LogP contribution >= 0.6 is 15.9 Å². The van der Waals surface area contributed by atoms with Gasteiger partial charge in [-0.1, -0.05) is 22.9 Å². The molecule has 0 fully saturated rings. The fourth-order valence-corrected chi connectivity index (χ4v) is 3.13. The van der Waals surface area contributed by atoms with E-state index in [2.05, 4.69) is 26.5 Å². The van der Waals surface area contributed by atoms with E-state index in [0.717, 1.165) is 10.9 Å². The second kappa shape index (κ2) is 11.8. The van der Waals surface area contributed by atoms with Crippen molar-refractivity contribution in [3.8, 4) is 17.2 Å². The first-order valence-corrected chi connectivity index (χ1v) is 11.0. The van der Waals surface area contributed by atoms with Gasteiger partial charge in [0.2, 0.25) is 0 Å². The Hall–Kier alpha value is -3.65. The Balaban J connectivity index is 1.67. The lowest BCUT2D eigenvalue weighted by atomic mass is 10.2. The van der Waals surface area contributed by atoms with Gasteiger partial charge in [-0.05, 0) is 73.2 Å². The van der Waals surface area contributed by atoms with Crippen molar-refractivity contribution in [1.82, 2.24) is 5.43 Å². The molecular weight excluding hydrogens is 488 g/mol. The van der Waals surface area contributed by atoms with Crippen molar-refractivity contribution in [2.24, 2.45) is 5.10 Å². The molecule has 33 heavy (non-hydrogen) atoms. The van der Waals surface area contributed by atoms with E-state index in [1.54, 1.807) is 73.8 Å². The summed E-state index contributed by atoms with van der Waals surface area (Å²) < 4.78 is 16.9. The smallest absolute Gasteiger partial charge is 0.343 e. The maximum atomic E-state index is 12.5. The molecule has 0 aliphatic rings. The van der Waals surface area contributed by atoms with Gasteiger partial charge in [0.1, 0.15) is 17.2 Å². The SMILES string of the molecule is CCCOc1ccc(C(=O)NN=Cc2cc(Br)ccc2OC(=O)c2ccc(OC)cc2)cc1. The Morgan fingerprint density at radius 3 is 2.30 bits per heavy atom. The van der Waals surface area contributed by atoms with Crippen LogP contribution in [0.15, 0.2) is 76.3 Å². The van der Waals surface area contributed by atoms with Crippen molar-refractivity contribution in [1.29, 1.82) is 0 Å². The molecule has 1 amide bonds. The minimum Gasteiger partial charge on any atom is -0.497 e. The first-order valence-electron chi connectivity index (χ1n) is 10.2. The molecule has 0 heterocycles.